The van der Waals surface area contributed by atoms with Gasteiger partial charge in [-0.05, 0) is 36.2 Å². The molecular weight excluding hydrogens is 310 g/mol. The van der Waals surface area contributed by atoms with E-state index in [4.69, 9.17) is 11.6 Å². The molecule has 0 aliphatic carbocycles. The molecule has 0 radical (unpaired) electrons. The van der Waals surface area contributed by atoms with Gasteiger partial charge in [0.15, 0.2) is 0 Å². The number of halogens is 1. The van der Waals surface area contributed by atoms with Gasteiger partial charge >= 0.3 is 0 Å². The SMILES string of the molecule is Cn1cccc1C(=O)N1CCCN(Cc2ccc(Cl)cc2)CC1. The van der Waals surface area contributed by atoms with Crippen LogP contribution in [0.3, 0.4) is 0 Å². The minimum Gasteiger partial charge on any atom is -0.347 e. The van der Waals surface area contributed by atoms with Gasteiger partial charge in [0, 0.05) is 51.0 Å². The molecule has 122 valence electrons. The van der Waals surface area contributed by atoms with E-state index >= 15 is 0 Å². The Labute approximate surface area is 142 Å². The first-order valence-electron chi connectivity index (χ1n) is 8.01. The molecule has 3 rings (SSSR count). The maximum Gasteiger partial charge on any atom is 0.270 e. The van der Waals surface area contributed by atoms with E-state index in [1.807, 2.05) is 47.0 Å². The smallest absolute Gasteiger partial charge is 0.270 e. The van der Waals surface area contributed by atoms with Crippen molar-refractivity contribution in [2.45, 2.75) is 13.0 Å². The molecule has 1 fully saturated rings. The van der Waals surface area contributed by atoms with Crippen LogP contribution < -0.4 is 0 Å². The molecule has 2 heterocycles. The van der Waals surface area contributed by atoms with Crippen molar-refractivity contribution in [1.29, 1.82) is 0 Å². The van der Waals surface area contributed by atoms with Crippen molar-refractivity contribution in [3.8, 4) is 0 Å². The summed E-state index contributed by atoms with van der Waals surface area (Å²) in [7, 11) is 1.91. The summed E-state index contributed by atoms with van der Waals surface area (Å²) < 4.78 is 1.89. The first-order chi connectivity index (χ1) is 11.1. The quantitative estimate of drug-likeness (QED) is 0.865. The minimum absolute atomic E-state index is 0.130. The van der Waals surface area contributed by atoms with Gasteiger partial charge in [-0.25, -0.2) is 0 Å². The summed E-state index contributed by atoms with van der Waals surface area (Å²) >= 11 is 5.94. The Kier molecular flexibility index (Phi) is 5.03. The van der Waals surface area contributed by atoms with Crippen molar-refractivity contribution in [3.05, 3.63) is 58.9 Å². The largest absolute Gasteiger partial charge is 0.347 e. The molecule has 0 spiro atoms. The predicted molar refractivity (Wildman–Crippen MR) is 92.7 cm³/mol. The Morgan fingerprint density at radius 1 is 1.09 bits per heavy atom. The normalized spacial score (nSPS) is 16.3. The topological polar surface area (TPSA) is 28.5 Å². The Bertz CT molecular complexity index is 665. The van der Waals surface area contributed by atoms with Crippen LogP contribution in [-0.2, 0) is 13.6 Å². The highest BCUT2D eigenvalue weighted by Crippen LogP contribution is 2.14. The predicted octanol–water partition coefficient (Wildman–Crippen LogP) is 3.03. The first kappa shape index (κ1) is 16.1. The maximum atomic E-state index is 12.6. The van der Waals surface area contributed by atoms with Crippen LogP contribution in [-0.4, -0.2) is 46.5 Å². The summed E-state index contributed by atoms with van der Waals surface area (Å²) in [6.07, 6.45) is 2.92. The summed E-state index contributed by atoms with van der Waals surface area (Å²) in [4.78, 5) is 17.0. The zero-order chi connectivity index (χ0) is 16.2. The van der Waals surface area contributed by atoms with Crippen LogP contribution in [0.2, 0.25) is 5.02 Å². The Hall–Kier alpha value is -1.78. The molecule has 1 aromatic heterocycles. The summed E-state index contributed by atoms with van der Waals surface area (Å²) in [5, 5.41) is 0.768. The fourth-order valence-electron chi connectivity index (χ4n) is 3.03. The zero-order valence-electron chi connectivity index (χ0n) is 13.4. The van der Waals surface area contributed by atoms with Gasteiger partial charge in [-0.2, -0.15) is 0 Å². The van der Waals surface area contributed by atoms with Crippen LogP contribution in [0.5, 0.6) is 0 Å². The van der Waals surface area contributed by atoms with Gasteiger partial charge in [-0.15, -0.1) is 0 Å². The highest BCUT2D eigenvalue weighted by Gasteiger charge is 2.21. The molecule has 23 heavy (non-hydrogen) atoms. The van der Waals surface area contributed by atoms with E-state index in [2.05, 4.69) is 17.0 Å². The fraction of sp³-hybridized carbons (Fsp3) is 0.389. The third-order valence-electron chi connectivity index (χ3n) is 4.36. The number of aryl methyl sites for hydroxylation is 1. The average molecular weight is 332 g/mol. The molecule has 0 bridgehead atoms. The van der Waals surface area contributed by atoms with E-state index in [9.17, 15) is 4.79 Å². The Morgan fingerprint density at radius 2 is 1.87 bits per heavy atom. The fourth-order valence-corrected chi connectivity index (χ4v) is 3.15. The van der Waals surface area contributed by atoms with E-state index in [-0.39, 0.29) is 5.91 Å². The number of carbonyl (C=O) groups excluding carboxylic acids is 1. The lowest BCUT2D eigenvalue weighted by Crippen LogP contribution is -2.35. The van der Waals surface area contributed by atoms with Crippen molar-refractivity contribution in [3.63, 3.8) is 0 Å². The van der Waals surface area contributed by atoms with Crippen molar-refractivity contribution in [2.75, 3.05) is 26.2 Å². The summed E-state index contributed by atoms with van der Waals surface area (Å²) in [5.74, 6) is 0.130. The zero-order valence-corrected chi connectivity index (χ0v) is 14.2. The number of hydrogen-bond acceptors (Lipinski definition) is 2. The number of aromatic nitrogens is 1. The van der Waals surface area contributed by atoms with Crippen molar-refractivity contribution in [1.82, 2.24) is 14.4 Å². The van der Waals surface area contributed by atoms with Crippen molar-refractivity contribution < 1.29 is 4.79 Å². The Morgan fingerprint density at radius 3 is 2.57 bits per heavy atom. The molecule has 0 unspecified atom stereocenters. The van der Waals surface area contributed by atoms with Gasteiger partial charge < -0.3 is 9.47 Å². The molecule has 0 saturated carbocycles. The summed E-state index contributed by atoms with van der Waals surface area (Å²) in [6, 6.07) is 11.8. The van der Waals surface area contributed by atoms with Crippen LogP contribution in [0.1, 0.15) is 22.5 Å². The number of benzene rings is 1. The third kappa shape index (κ3) is 3.95. The highest BCUT2D eigenvalue weighted by molar-refractivity contribution is 6.30. The molecule has 1 aliphatic heterocycles. The van der Waals surface area contributed by atoms with Gasteiger partial charge in [-0.1, -0.05) is 23.7 Å². The molecule has 1 aromatic carbocycles. The van der Waals surface area contributed by atoms with Gasteiger partial charge in [-0.3, -0.25) is 9.69 Å². The van der Waals surface area contributed by atoms with E-state index in [0.717, 1.165) is 49.9 Å². The molecular formula is C18H22ClN3O. The van der Waals surface area contributed by atoms with Gasteiger partial charge in [0.2, 0.25) is 0 Å². The van der Waals surface area contributed by atoms with Crippen LogP contribution in [0, 0.1) is 0 Å². The van der Waals surface area contributed by atoms with Crippen LogP contribution in [0.4, 0.5) is 0 Å². The second-order valence-electron chi connectivity index (χ2n) is 6.05. The lowest BCUT2D eigenvalue weighted by molar-refractivity contribution is 0.0751. The van der Waals surface area contributed by atoms with Gasteiger partial charge in [0.25, 0.3) is 5.91 Å². The van der Waals surface area contributed by atoms with Gasteiger partial charge in [0.05, 0.1) is 0 Å². The molecule has 2 aromatic rings. The number of nitrogens with zero attached hydrogens (tertiary/aromatic N) is 3. The van der Waals surface area contributed by atoms with Crippen molar-refractivity contribution >= 4 is 17.5 Å². The standard InChI is InChI=1S/C18H22ClN3O/c1-20-9-2-4-17(20)18(23)22-11-3-10-21(12-13-22)14-15-5-7-16(19)8-6-15/h2,4-9H,3,10-14H2,1H3. The summed E-state index contributed by atoms with van der Waals surface area (Å²) in [6.45, 7) is 4.42. The van der Waals surface area contributed by atoms with Crippen LogP contribution >= 0.6 is 11.6 Å². The minimum atomic E-state index is 0.130. The lowest BCUT2D eigenvalue weighted by Gasteiger charge is -2.22. The molecule has 0 N–H and O–H groups in total. The van der Waals surface area contributed by atoms with E-state index < -0.39 is 0 Å². The number of rotatable bonds is 3. The average Bonchev–Trinajstić information content (AvgIpc) is 2.84. The number of hydrogen-bond donors (Lipinski definition) is 0. The van der Waals surface area contributed by atoms with E-state index in [1.165, 1.54) is 5.56 Å². The van der Waals surface area contributed by atoms with Crippen molar-refractivity contribution in [2.24, 2.45) is 7.05 Å². The Balaban J connectivity index is 1.60. The van der Waals surface area contributed by atoms with Crippen LogP contribution in [0.25, 0.3) is 0 Å². The number of amides is 1. The van der Waals surface area contributed by atoms with Gasteiger partial charge in [0.1, 0.15) is 5.69 Å². The second kappa shape index (κ2) is 7.20. The molecule has 5 heteroatoms. The molecule has 1 aliphatic rings. The molecule has 4 nitrogen and oxygen atoms in total. The third-order valence-corrected chi connectivity index (χ3v) is 4.61. The highest BCUT2D eigenvalue weighted by atomic mass is 35.5. The van der Waals surface area contributed by atoms with Crippen LogP contribution in [0.15, 0.2) is 42.6 Å². The monoisotopic (exact) mass is 331 g/mol. The maximum absolute atomic E-state index is 12.6. The number of carbonyl (C=O) groups is 1. The molecule has 1 saturated heterocycles. The summed E-state index contributed by atoms with van der Waals surface area (Å²) in [5.41, 5.74) is 2.02. The van der Waals surface area contributed by atoms with E-state index in [1.54, 1.807) is 0 Å². The second-order valence-corrected chi connectivity index (χ2v) is 6.49. The molecule has 0 atom stereocenters. The lowest BCUT2D eigenvalue weighted by atomic mass is 10.2. The first-order valence-corrected chi connectivity index (χ1v) is 8.39. The molecule has 1 amide bonds. The van der Waals surface area contributed by atoms with E-state index in [0.29, 0.717) is 0 Å².